The Kier molecular flexibility index (Phi) is 10.8. The molecule has 0 bridgehead atoms. The minimum absolute atomic E-state index is 0.00665. The molecule has 0 aromatic heterocycles. The van der Waals surface area contributed by atoms with Crippen LogP contribution in [-0.2, 0) is 32.6 Å². The number of nitrogens with one attached hydrogen (secondary N) is 1. The van der Waals surface area contributed by atoms with Crippen LogP contribution in [0.3, 0.4) is 0 Å². The molecule has 42 heavy (non-hydrogen) atoms. The van der Waals surface area contributed by atoms with Gasteiger partial charge in [0.25, 0.3) is 10.0 Å². The van der Waals surface area contributed by atoms with Gasteiger partial charge in [-0.1, -0.05) is 94.3 Å². The van der Waals surface area contributed by atoms with Gasteiger partial charge in [0.2, 0.25) is 11.8 Å². The van der Waals surface area contributed by atoms with Crippen molar-refractivity contribution in [3.63, 3.8) is 0 Å². The number of halogens is 2. The van der Waals surface area contributed by atoms with Crippen molar-refractivity contribution in [2.24, 2.45) is 0 Å². The van der Waals surface area contributed by atoms with E-state index in [1.807, 2.05) is 30.3 Å². The summed E-state index contributed by atoms with van der Waals surface area (Å²) < 4.78 is 29.7. The van der Waals surface area contributed by atoms with Crippen molar-refractivity contribution >= 4 is 55.1 Å². The molecule has 1 N–H and O–H groups in total. The van der Waals surface area contributed by atoms with Crippen LogP contribution in [-0.4, -0.2) is 44.3 Å². The Bertz CT molecular complexity index is 1600. The monoisotopic (exact) mass is 667 g/mol. The fraction of sp³-hybridized carbons (Fsp3) is 0.188. The molecule has 218 valence electrons. The van der Waals surface area contributed by atoms with Crippen LogP contribution in [0.5, 0.6) is 0 Å². The fourth-order valence-electron chi connectivity index (χ4n) is 4.51. The lowest BCUT2D eigenvalue weighted by Crippen LogP contribution is -2.53. The van der Waals surface area contributed by atoms with Crippen LogP contribution < -0.4 is 9.62 Å². The standard InChI is InChI=1S/C32H31BrClN3O4S/c1-2-35-32(39)30(21-24-11-5-3-6-12-24)36(22-25-13-9-10-16-29(25)34)31(38)23-37(27-19-17-26(33)18-20-27)42(40,41)28-14-7-4-8-15-28/h3-20,30H,2,21-23H2,1H3,(H,35,39)/t30-/m1/s1. The zero-order valence-corrected chi connectivity index (χ0v) is 26.1. The Balaban J connectivity index is 1.79. The van der Waals surface area contributed by atoms with Crippen LogP contribution in [0.15, 0.2) is 119 Å². The average molecular weight is 669 g/mol. The first-order valence-electron chi connectivity index (χ1n) is 13.4. The molecule has 2 amide bonds. The summed E-state index contributed by atoms with van der Waals surface area (Å²) in [5, 5.41) is 3.28. The van der Waals surface area contributed by atoms with Crippen molar-refractivity contribution in [1.82, 2.24) is 10.2 Å². The van der Waals surface area contributed by atoms with Crippen LogP contribution in [0.4, 0.5) is 5.69 Å². The number of amides is 2. The first-order valence-corrected chi connectivity index (χ1v) is 16.0. The smallest absolute Gasteiger partial charge is 0.264 e. The van der Waals surface area contributed by atoms with Gasteiger partial charge in [-0.3, -0.25) is 13.9 Å². The summed E-state index contributed by atoms with van der Waals surface area (Å²) in [5.74, 6) is -0.896. The number of benzene rings is 4. The summed E-state index contributed by atoms with van der Waals surface area (Å²) in [6.45, 7) is 1.64. The summed E-state index contributed by atoms with van der Waals surface area (Å²) in [7, 11) is -4.15. The number of hydrogen-bond acceptors (Lipinski definition) is 4. The summed E-state index contributed by atoms with van der Waals surface area (Å²) in [6, 6.07) is 30.2. The summed E-state index contributed by atoms with van der Waals surface area (Å²) >= 11 is 9.89. The zero-order valence-electron chi connectivity index (χ0n) is 23.0. The molecule has 1 atom stereocenters. The number of sulfonamides is 1. The number of anilines is 1. The number of carbonyl (C=O) groups excluding carboxylic acids is 2. The van der Waals surface area contributed by atoms with Gasteiger partial charge in [0.15, 0.2) is 0 Å². The molecule has 0 radical (unpaired) electrons. The Morgan fingerprint density at radius 1 is 0.857 bits per heavy atom. The third-order valence-electron chi connectivity index (χ3n) is 6.65. The predicted molar refractivity (Wildman–Crippen MR) is 170 cm³/mol. The van der Waals surface area contributed by atoms with E-state index in [-0.39, 0.29) is 23.8 Å². The highest BCUT2D eigenvalue weighted by Gasteiger charge is 2.34. The van der Waals surface area contributed by atoms with E-state index >= 15 is 0 Å². The van der Waals surface area contributed by atoms with E-state index in [0.29, 0.717) is 22.8 Å². The first kappa shape index (κ1) is 31.3. The van der Waals surface area contributed by atoms with E-state index in [1.165, 1.54) is 17.0 Å². The maximum atomic E-state index is 14.3. The van der Waals surface area contributed by atoms with E-state index in [9.17, 15) is 18.0 Å². The van der Waals surface area contributed by atoms with Gasteiger partial charge in [-0.25, -0.2) is 8.42 Å². The Morgan fingerprint density at radius 2 is 1.45 bits per heavy atom. The van der Waals surface area contributed by atoms with E-state index in [4.69, 9.17) is 11.6 Å². The SMILES string of the molecule is CCNC(=O)[C@@H](Cc1ccccc1)N(Cc1ccccc1Cl)C(=O)CN(c1ccc(Br)cc1)S(=O)(=O)c1ccccc1. The van der Waals surface area contributed by atoms with E-state index < -0.39 is 28.5 Å². The average Bonchev–Trinajstić information content (AvgIpc) is 3.00. The van der Waals surface area contributed by atoms with Crippen LogP contribution in [0.25, 0.3) is 0 Å². The molecule has 0 aliphatic carbocycles. The zero-order chi connectivity index (χ0) is 30.1. The second kappa shape index (κ2) is 14.5. The van der Waals surface area contributed by atoms with Crippen molar-refractivity contribution in [1.29, 1.82) is 0 Å². The van der Waals surface area contributed by atoms with Crippen molar-refractivity contribution < 1.29 is 18.0 Å². The molecule has 0 unspecified atom stereocenters. The summed E-state index contributed by atoms with van der Waals surface area (Å²) in [6.07, 6.45) is 0.229. The quantitative estimate of drug-likeness (QED) is 0.199. The largest absolute Gasteiger partial charge is 0.355 e. The highest BCUT2D eigenvalue weighted by atomic mass is 79.9. The molecular weight excluding hydrogens is 638 g/mol. The topological polar surface area (TPSA) is 86.8 Å². The predicted octanol–water partition coefficient (Wildman–Crippen LogP) is 6.07. The second-order valence-corrected chi connectivity index (χ2v) is 12.7. The fourth-order valence-corrected chi connectivity index (χ4v) is 6.41. The molecule has 0 fully saturated rings. The van der Waals surface area contributed by atoms with E-state index in [0.717, 1.165) is 14.3 Å². The third kappa shape index (κ3) is 7.79. The van der Waals surface area contributed by atoms with Crippen molar-refractivity contribution in [3.05, 3.63) is 130 Å². The summed E-state index contributed by atoms with van der Waals surface area (Å²) in [5.41, 5.74) is 1.80. The van der Waals surface area contributed by atoms with Crippen LogP contribution in [0.2, 0.25) is 5.02 Å². The first-order chi connectivity index (χ1) is 20.2. The lowest BCUT2D eigenvalue weighted by molar-refractivity contribution is -0.140. The molecule has 10 heteroatoms. The number of likely N-dealkylation sites (N-methyl/N-ethyl adjacent to an activating group) is 1. The molecule has 0 saturated heterocycles. The molecule has 0 saturated carbocycles. The van der Waals surface area contributed by atoms with Gasteiger partial charge in [0.05, 0.1) is 10.6 Å². The molecule has 0 aliphatic rings. The summed E-state index contributed by atoms with van der Waals surface area (Å²) in [4.78, 5) is 29.3. The molecule has 4 rings (SSSR count). The molecule has 4 aromatic carbocycles. The van der Waals surface area contributed by atoms with Gasteiger partial charge >= 0.3 is 0 Å². The second-order valence-electron chi connectivity index (χ2n) is 9.51. The molecule has 0 heterocycles. The van der Waals surface area contributed by atoms with Crippen LogP contribution >= 0.6 is 27.5 Å². The van der Waals surface area contributed by atoms with Crippen molar-refractivity contribution in [2.45, 2.75) is 30.8 Å². The molecule has 4 aromatic rings. The maximum absolute atomic E-state index is 14.3. The molecule has 7 nitrogen and oxygen atoms in total. The van der Waals surface area contributed by atoms with E-state index in [2.05, 4.69) is 21.2 Å². The van der Waals surface area contributed by atoms with Crippen molar-refractivity contribution in [3.8, 4) is 0 Å². The minimum atomic E-state index is -4.15. The third-order valence-corrected chi connectivity index (χ3v) is 9.33. The Morgan fingerprint density at radius 3 is 2.07 bits per heavy atom. The maximum Gasteiger partial charge on any atom is 0.264 e. The van der Waals surface area contributed by atoms with Gasteiger partial charge in [-0.15, -0.1) is 0 Å². The molecule has 0 spiro atoms. The highest BCUT2D eigenvalue weighted by Crippen LogP contribution is 2.27. The number of carbonyl (C=O) groups is 2. The highest BCUT2D eigenvalue weighted by molar-refractivity contribution is 9.10. The number of rotatable bonds is 12. The molecular formula is C32H31BrClN3O4S. The Labute approximate surface area is 260 Å². The van der Waals surface area contributed by atoms with Crippen molar-refractivity contribution in [2.75, 3.05) is 17.4 Å². The van der Waals surface area contributed by atoms with E-state index in [1.54, 1.807) is 73.7 Å². The lowest BCUT2D eigenvalue weighted by atomic mass is 10.0. The van der Waals surface area contributed by atoms with Gasteiger partial charge in [0.1, 0.15) is 12.6 Å². The van der Waals surface area contributed by atoms with Gasteiger partial charge < -0.3 is 10.2 Å². The lowest BCUT2D eigenvalue weighted by Gasteiger charge is -2.34. The Hall–Kier alpha value is -3.66. The van der Waals surface area contributed by atoms with Gasteiger partial charge in [-0.05, 0) is 60.5 Å². The number of nitrogens with zero attached hydrogens (tertiary/aromatic N) is 2. The van der Waals surface area contributed by atoms with Crippen LogP contribution in [0, 0.1) is 0 Å². The van der Waals surface area contributed by atoms with Crippen LogP contribution in [0.1, 0.15) is 18.1 Å². The normalized spacial score (nSPS) is 11.9. The molecule has 0 aliphatic heterocycles. The minimum Gasteiger partial charge on any atom is -0.355 e. The van der Waals surface area contributed by atoms with Gasteiger partial charge in [0, 0.05) is 29.0 Å². The van der Waals surface area contributed by atoms with Gasteiger partial charge in [-0.2, -0.15) is 0 Å². The number of hydrogen-bond donors (Lipinski definition) is 1.